The SMILES string of the molecule is [N-]=[N+]=NC1CC(OCc2ccccc2)CC1O. The molecule has 1 fully saturated rings. The molecule has 90 valence electrons. The molecule has 0 spiro atoms. The molecule has 0 bridgehead atoms. The maximum atomic E-state index is 9.64. The lowest BCUT2D eigenvalue weighted by molar-refractivity contribution is 0.0357. The standard InChI is InChI=1S/C12H15N3O2/c13-15-14-11-6-10(7-12(11)16)17-8-9-4-2-1-3-5-9/h1-5,10-12,16H,6-8H2. The van der Waals surface area contributed by atoms with Crippen molar-refractivity contribution in [2.45, 2.75) is 37.7 Å². The van der Waals surface area contributed by atoms with Crippen LogP contribution in [0, 0.1) is 0 Å². The Bertz CT molecular complexity index is 403. The fourth-order valence-electron chi connectivity index (χ4n) is 2.06. The molecule has 1 saturated carbocycles. The second kappa shape index (κ2) is 5.68. The van der Waals surface area contributed by atoms with Crippen LogP contribution in [0.4, 0.5) is 0 Å². The van der Waals surface area contributed by atoms with Gasteiger partial charge in [0.15, 0.2) is 0 Å². The van der Waals surface area contributed by atoms with Gasteiger partial charge >= 0.3 is 0 Å². The number of hydrogen-bond acceptors (Lipinski definition) is 3. The highest BCUT2D eigenvalue weighted by Crippen LogP contribution is 2.26. The molecule has 2 rings (SSSR count). The molecular formula is C12H15N3O2. The molecule has 0 aliphatic heterocycles. The van der Waals surface area contributed by atoms with Crippen LogP contribution < -0.4 is 0 Å². The van der Waals surface area contributed by atoms with Crippen LogP contribution in [0.2, 0.25) is 0 Å². The van der Waals surface area contributed by atoms with Crippen LogP contribution in [0.25, 0.3) is 10.4 Å². The fraction of sp³-hybridized carbons (Fsp3) is 0.500. The van der Waals surface area contributed by atoms with Gasteiger partial charge in [0.1, 0.15) is 0 Å². The third kappa shape index (κ3) is 3.20. The van der Waals surface area contributed by atoms with E-state index in [1.165, 1.54) is 0 Å². The molecule has 1 aliphatic rings. The number of rotatable bonds is 4. The summed E-state index contributed by atoms with van der Waals surface area (Å²) in [5.41, 5.74) is 9.45. The molecule has 1 N–H and O–H groups in total. The molecule has 17 heavy (non-hydrogen) atoms. The summed E-state index contributed by atoms with van der Waals surface area (Å²) >= 11 is 0. The van der Waals surface area contributed by atoms with Crippen molar-refractivity contribution in [1.82, 2.24) is 0 Å². The number of hydrogen-bond donors (Lipinski definition) is 1. The number of azide groups is 1. The van der Waals surface area contributed by atoms with Gasteiger partial charge in [0.25, 0.3) is 0 Å². The van der Waals surface area contributed by atoms with E-state index >= 15 is 0 Å². The molecule has 5 heteroatoms. The smallest absolute Gasteiger partial charge is 0.0720 e. The molecule has 5 nitrogen and oxygen atoms in total. The Kier molecular flexibility index (Phi) is 3.98. The van der Waals surface area contributed by atoms with E-state index in [2.05, 4.69) is 10.0 Å². The van der Waals surface area contributed by atoms with Crippen LogP contribution in [0.3, 0.4) is 0 Å². The van der Waals surface area contributed by atoms with Crippen LogP contribution >= 0.6 is 0 Å². The summed E-state index contributed by atoms with van der Waals surface area (Å²) in [5, 5.41) is 13.2. The van der Waals surface area contributed by atoms with Gasteiger partial charge in [-0.3, -0.25) is 0 Å². The number of benzene rings is 1. The van der Waals surface area contributed by atoms with E-state index in [1.807, 2.05) is 30.3 Å². The second-order valence-electron chi connectivity index (χ2n) is 4.23. The molecule has 0 radical (unpaired) electrons. The number of ether oxygens (including phenoxy) is 1. The van der Waals surface area contributed by atoms with E-state index in [-0.39, 0.29) is 12.1 Å². The van der Waals surface area contributed by atoms with Crippen molar-refractivity contribution >= 4 is 0 Å². The third-order valence-electron chi connectivity index (χ3n) is 2.98. The summed E-state index contributed by atoms with van der Waals surface area (Å²) < 4.78 is 5.69. The Balaban J connectivity index is 1.84. The fourth-order valence-corrected chi connectivity index (χ4v) is 2.06. The van der Waals surface area contributed by atoms with Gasteiger partial charge in [0.2, 0.25) is 0 Å². The molecular weight excluding hydrogens is 218 g/mol. The normalized spacial score (nSPS) is 27.7. The Hall–Kier alpha value is -1.55. The Labute approximate surface area is 99.7 Å². The first-order valence-electron chi connectivity index (χ1n) is 5.67. The number of aliphatic hydroxyl groups excluding tert-OH is 1. The predicted molar refractivity (Wildman–Crippen MR) is 63.2 cm³/mol. The van der Waals surface area contributed by atoms with E-state index in [0.717, 1.165) is 5.56 Å². The topological polar surface area (TPSA) is 78.2 Å². The van der Waals surface area contributed by atoms with Crippen molar-refractivity contribution in [3.05, 3.63) is 46.3 Å². The summed E-state index contributed by atoms with van der Waals surface area (Å²) in [6, 6.07) is 9.53. The van der Waals surface area contributed by atoms with Gasteiger partial charge in [0.05, 0.1) is 24.9 Å². The zero-order valence-corrected chi connectivity index (χ0v) is 9.44. The first-order valence-corrected chi connectivity index (χ1v) is 5.67. The monoisotopic (exact) mass is 233 g/mol. The molecule has 0 heterocycles. The van der Waals surface area contributed by atoms with Crippen molar-refractivity contribution in [3.8, 4) is 0 Å². The molecule has 0 amide bonds. The van der Waals surface area contributed by atoms with Crippen molar-refractivity contribution in [2.75, 3.05) is 0 Å². The minimum absolute atomic E-state index is 0.0271. The maximum Gasteiger partial charge on any atom is 0.0720 e. The van der Waals surface area contributed by atoms with E-state index < -0.39 is 6.10 Å². The molecule has 1 aliphatic carbocycles. The second-order valence-corrected chi connectivity index (χ2v) is 4.23. The van der Waals surface area contributed by atoms with Crippen molar-refractivity contribution < 1.29 is 9.84 Å². The van der Waals surface area contributed by atoms with Crippen molar-refractivity contribution in [2.24, 2.45) is 5.11 Å². The van der Waals surface area contributed by atoms with Crippen LogP contribution in [0.5, 0.6) is 0 Å². The molecule has 1 aromatic rings. The summed E-state index contributed by atoms with van der Waals surface area (Å²) in [6.45, 7) is 0.529. The maximum absolute atomic E-state index is 9.64. The van der Waals surface area contributed by atoms with Gasteiger partial charge in [-0.2, -0.15) is 0 Å². The zero-order chi connectivity index (χ0) is 12.1. The third-order valence-corrected chi connectivity index (χ3v) is 2.98. The van der Waals surface area contributed by atoms with Gasteiger partial charge in [-0.1, -0.05) is 35.4 Å². The van der Waals surface area contributed by atoms with Gasteiger partial charge in [0, 0.05) is 4.91 Å². The largest absolute Gasteiger partial charge is 0.393 e. The highest BCUT2D eigenvalue weighted by Gasteiger charge is 2.32. The lowest BCUT2D eigenvalue weighted by atomic mass is 10.2. The summed E-state index contributed by atoms with van der Waals surface area (Å²) in [5.74, 6) is 0. The first kappa shape index (κ1) is 11.9. The number of nitrogens with zero attached hydrogens (tertiary/aromatic N) is 3. The van der Waals surface area contributed by atoms with E-state index in [1.54, 1.807) is 0 Å². The van der Waals surface area contributed by atoms with Crippen molar-refractivity contribution in [3.63, 3.8) is 0 Å². The Morgan fingerprint density at radius 2 is 2.12 bits per heavy atom. The van der Waals surface area contributed by atoms with Gasteiger partial charge in [-0.15, -0.1) is 0 Å². The quantitative estimate of drug-likeness (QED) is 0.492. The summed E-state index contributed by atoms with van der Waals surface area (Å²) in [4.78, 5) is 2.73. The molecule has 3 atom stereocenters. The highest BCUT2D eigenvalue weighted by atomic mass is 16.5. The molecule has 0 aromatic heterocycles. The average Bonchev–Trinajstić information content (AvgIpc) is 2.70. The highest BCUT2D eigenvalue weighted by molar-refractivity contribution is 5.13. The van der Waals surface area contributed by atoms with Crippen molar-refractivity contribution in [1.29, 1.82) is 0 Å². The van der Waals surface area contributed by atoms with E-state index in [9.17, 15) is 5.11 Å². The summed E-state index contributed by atoms with van der Waals surface area (Å²) in [7, 11) is 0. The Morgan fingerprint density at radius 1 is 1.35 bits per heavy atom. The van der Waals surface area contributed by atoms with Crippen LogP contribution in [0.1, 0.15) is 18.4 Å². The van der Waals surface area contributed by atoms with Gasteiger partial charge < -0.3 is 9.84 Å². The lowest BCUT2D eigenvalue weighted by Crippen LogP contribution is -2.15. The summed E-state index contributed by atoms with van der Waals surface area (Å²) in [6.07, 6.45) is 0.529. The van der Waals surface area contributed by atoms with E-state index in [4.69, 9.17) is 10.3 Å². The minimum atomic E-state index is -0.577. The molecule has 3 unspecified atom stereocenters. The predicted octanol–water partition coefficient (Wildman–Crippen LogP) is 2.41. The van der Waals surface area contributed by atoms with Crippen LogP contribution in [-0.4, -0.2) is 23.4 Å². The van der Waals surface area contributed by atoms with Gasteiger partial charge in [-0.05, 0) is 23.9 Å². The van der Waals surface area contributed by atoms with Gasteiger partial charge in [-0.25, -0.2) is 0 Å². The average molecular weight is 233 g/mol. The van der Waals surface area contributed by atoms with Crippen LogP contribution in [-0.2, 0) is 11.3 Å². The minimum Gasteiger partial charge on any atom is -0.393 e. The Morgan fingerprint density at radius 3 is 2.82 bits per heavy atom. The molecule has 1 aromatic carbocycles. The lowest BCUT2D eigenvalue weighted by Gasteiger charge is -2.10. The molecule has 0 saturated heterocycles. The number of aliphatic hydroxyl groups is 1. The van der Waals surface area contributed by atoms with Crippen LogP contribution in [0.15, 0.2) is 35.4 Å². The zero-order valence-electron chi connectivity index (χ0n) is 9.44. The van der Waals surface area contributed by atoms with E-state index in [0.29, 0.717) is 19.4 Å². The first-order chi connectivity index (χ1) is 8.29.